The molecule has 0 N–H and O–H groups in total. The third-order valence-corrected chi connectivity index (χ3v) is 2.68. The summed E-state index contributed by atoms with van der Waals surface area (Å²) < 4.78 is 6.53. The van der Waals surface area contributed by atoms with Gasteiger partial charge < -0.3 is 8.98 Å². The summed E-state index contributed by atoms with van der Waals surface area (Å²) in [7, 11) is 1.65. The van der Waals surface area contributed by atoms with E-state index in [2.05, 4.69) is 0 Å². The van der Waals surface area contributed by atoms with Crippen molar-refractivity contribution < 1.29 is 9.21 Å². The maximum absolute atomic E-state index is 12.2. The van der Waals surface area contributed by atoms with Gasteiger partial charge >= 0.3 is 0 Å². The molecule has 0 aliphatic rings. The van der Waals surface area contributed by atoms with Crippen molar-refractivity contribution in [2.75, 3.05) is 0 Å². The number of allylic oxidation sites excluding steroid dienone is 2. The number of aromatic nitrogens is 1. The fourth-order valence-electron chi connectivity index (χ4n) is 1.72. The quantitative estimate of drug-likeness (QED) is 0.613. The van der Waals surface area contributed by atoms with Gasteiger partial charge in [-0.05, 0) is 25.1 Å². The first-order valence-electron chi connectivity index (χ1n) is 5.55. The van der Waals surface area contributed by atoms with E-state index in [-0.39, 0.29) is 17.1 Å². The van der Waals surface area contributed by atoms with Gasteiger partial charge in [-0.25, -0.2) is 0 Å². The van der Waals surface area contributed by atoms with Gasteiger partial charge in [-0.2, -0.15) is 0 Å². The molecular weight excluding hydrogens is 230 g/mol. The Balaban J connectivity index is 2.44. The number of aryl methyl sites for hydroxylation is 1. The lowest BCUT2D eigenvalue weighted by atomic mass is 10.0. The van der Waals surface area contributed by atoms with E-state index in [9.17, 15) is 9.59 Å². The van der Waals surface area contributed by atoms with Crippen LogP contribution < -0.4 is 5.56 Å². The number of hydrogen-bond acceptors (Lipinski definition) is 3. The first-order valence-corrected chi connectivity index (χ1v) is 5.55. The minimum absolute atomic E-state index is 0.111. The van der Waals surface area contributed by atoms with Crippen molar-refractivity contribution in [1.82, 2.24) is 4.57 Å². The van der Waals surface area contributed by atoms with E-state index in [1.54, 1.807) is 44.4 Å². The monoisotopic (exact) mass is 243 g/mol. The minimum Gasteiger partial charge on any atom is -0.461 e. The molecule has 2 heterocycles. The smallest absolute Gasteiger partial charge is 0.250 e. The molecule has 0 fully saturated rings. The third kappa shape index (κ3) is 2.18. The molecule has 0 aliphatic carbocycles. The lowest BCUT2D eigenvalue weighted by Crippen LogP contribution is -2.15. The van der Waals surface area contributed by atoms with Gasteiger partial charge in [0.15, 0.2) is 5.76 Å². The van der Waals surface area contributed by atoms with E-state index in [1.165, 1.54) is 16.9 Å². The molecule has 0 aliphatic heterocycles. The average molecular weight is 243 g/mol. The second kappa shape index (κ2) is 4.87. The van der Waals surface area contributed by atoms with E-state index in [4.69, 9.17) is 4.42 Å². The molecule has 2 aromatic heterocycles. The van der Waals surface area contributed by atoms with Gasteiger partial charge in [-0.3, -0.25) is 9.59 Å². The largest absolute Gasteiger partial charge is 0.461 e. The normalized spacial score (nSPS) is 11.6. The van der Waals surface area contributed by atoms with Crippen LogP contribution in [0.3, 0.4) is 0 Å². The minimum atomic E-state index is -0.193. The topological polar surface area (TPSA) is 52.2 Å². The van der Waals surface area contributed by atoms with Crippen LogP contribution in [0.1, 0.15) is 23.0 Å². The zero-order valence-electron chi connectivity index (χ0n) is 10.2. The van der Waals surface area contributed by atoms with Crippen LogP contribution in [0.5, 0.6) is 0 Å². The Kier molecular flexibility index (Phi) is 3.28. The highest BCUT2D eigenvalue weighted by molar-refractivity contribution is 6.27. The number of carbonyl (C=O) groups is 1. The van der Waals surface area contributed by atoms with Crippen LogP contribution in [0.25, 0.3) is 5.57 Å². The summed E-state index contributed by atoms with van der Waals surface area (Å²) in [6.07, 6.45) is 4.81. The highest BCUT2D eigenvalue weighted by atomic mass is 16.3. The van der Waals surface area contributed by atoms with Gasteiger partial charge in [0.25, 0.3) is 0 Å². The summed E-state index contributed by atoms with van der Waals surface area (Å²) in [5.41, 5.74) is 1.10. The highest BCUT2D eigenvalue weighted by Gasteiger charge is 2.16. The number of ketones is 1. The van der Waals surface area contributed by atoms with Crippen LogP contribution in [0.15, 0.2) is 52.0 Å². The van der Waals surface area contributed by atoms with Crippen LogP contribution in [0, 0.1) is 0 Å². The molecule has 0 saturated carbocycles. The summed E-state index contributed by atoms with van der Waals surface area (Å²) in [6.45, 7) is 1.78. The zero-order valence-corrected chi connectivity index (χ0v) is 10.2. The lowest BCUT2D eigenvalue weighted by molar-refractivity contribution is 0.103. The Hall–Kier alpha value is -2.36. The number of carbonyl (C=O) groups excluding carboxylic acids is 1. The maximum Gasteiger partial charge on any atom is 0.250 e. The number of furan rings is 1. The molecule has 0 spiro atoms. The number of Topliss-reactive ketones (excluding diaryl/α,β-unsaturated/α-hetero) is 1. The molecule has 0 radical (unpaired) electrons. The van der Waals surface area contributed by atoms with Crippen LogP contribution in [-0.4, -0.2) is 10.4 Å². The van der Waals surface area contributed by atoms with Crippen LogP contribution in [0.2, 0.25) is 0 Å². The van der Waals surface area contributed by atoms with Crippen LogP contribution >= 0.6 is 0 Å². The van der Waals surface area contributed by atoms with Crippen molar-refractivity contribution in [3.05, 3.63) is 64.5 Å². The molecule has 0 unspecified atom stereocenters. The summed E-state index contributed by atoms with van der Waals surface area (Å²) in [5.74, 6) is 0.0955. The van der Waals surface area contributed by atoms with Crippen molar-refractivity contribution in [2.24, 2.45) is 7.05 Å². The number of pyridine rings is 1. The fourth-order valence-corrected chi connectivity index (χ4v) is 1.72. The Bertz CT molecular complexity index is 648. The predicted octanol–water partition coefficient (Wildman–Crippen LogP) is 2.26. The Labute approximate surface area is 104 Å². The van der Waals surface area contributed by atoms with Crippen molar-refractivity contribution in [2.45, 2.75) is 6.92 Å². The van der Waals surface area contributed by atoms with E-state index < -0.39 is 0 Å². The molecule has 0 aromatic carbocycles. The first-order chi connectivity index (χ1) is 8.63. The van der Waals surface area contributed by atoms with Crippen molar-refractivity contribution in [3.63, 3.8) is 0 Å². The standard InChI is InChI=1S/C14H13NO3/c1-3-11(14(17)12-5-4-8-18-12)10-6-7-13(16)15(2)9-10/h3-9H,1-2H3. The van der Waals surface area contributed by atoms with Gasteiger partial charge in [0.05, 0.1) is 6.26 Å². The van der Waals surface area contributed by atoms with E-state index in [0.717, 1.165) is 0 Å². The lowest BCUT2D eigenvalue weighted by Gasteiger charge is -2.06. The van der Waals surface area contributed by atoms with Gasteiger partial charge in [0.2, 0.25) is 11.3 Å². The Morgan fingerprint density at radius 2 is 2.11 bits per heavy atom. The molecule has 18 heavy (non-hydrogen) atoms. The molecule has 0 atom stereocenters. The van der Waals surface area contributed by atoms with E-state index in [1.807, 2.05) is 0 Å². The summed E-state index contributed by atoms with van der Waals surface area (Å²) >= 11 is 0. The van der Waals surface area contributed by atoms with Gasteiger partial charge in [0, 0.05) is 30.4 Å². The van der Waals surface area contributed by atoms with E-state index in [0.29, 0.717) is 11.1 Å². The molecular formula is C14H13NO3. The molecule has 4 heteroatoms. The molecule has 2 rings (SSSR count). The summed E-state index contributed by atoms with van der Waals surface area (Å²) in [5, 5.41) is 0. The number of nitrogens with zero attached hydrogens (tertiary/aromatic N) is 1. The predicted molar refractivity (Wildman–Crippen MR) is 68.4 cm³/mol. The summed E-state index contributed by atoms with van der Waals surface area (Å²) in [6, 6.07) is 6.36. The molecule has 4 nitrogen and oxygen atoms in total. The Morgan fingerprint density at radius 3 is 2.67 bits per heavy atom. The third-order valence-electron chi connectivity index (χ3n) is 2.68. The Morgan fingerprint density at radius 1 is 1.33 bits per heavy atom. The van der Waals surface area contributed by atoms with Crippen molar-refractivity contribution >= 4 is 11.4 Å². The highest BCUT2D eigenvalue weighted by Crippen LogP contribution is 2.19. The molecule has 0 bridgehead atoms. The first kappa shape index (κ1) is 12.1. The fraction of sp³-hybridized carbons (Fsp3) is 0.143. The van der Waals surface area contributed by atoms with Gasteiger partial charge in [-0.15, -0.1) is 0 Å². The maximum atomic E-state index is 12.2. The molecule has 0 saturated heterocycles. The second-order valence-electron chi connectivity index (χ2n) is 3.88. The van der Waals surface area contributed by atoms with Gasteiger partial charge in [0.1, 0.15) is 0 Å². The zero-order chi connectivity index (χ0) is 13.1. The van der Waals surface area contributed by atoms with E-state index >= 15 is 0 Å². The van der Waals surface area contributed by atoms with Gasteiger partial charge in [-0.1, -0.05) is 6.08 Å². The summed E-state index contributed by atoms with van der Waals surface area (Å²) in [4.78, 5) is 23.5. The van der Waals surface area contributed by atoms with Crippen molar-refractivity contribution in [3.8, 4) is 0 Å². The number of rotatable bonds is 3. The van der Waals surface area contributed by atoms with Crippen LogP contribution in [-0.2, 0) is 7.05 Å². The molecule has 0 amide bonds. The second-order valence-corrected chi connectivity index (χ2v) is 3.88. The van der Waals surface area contributed by atoms with Crippen LogP contribution in [0.4, 0.5) is 0 Å². The average Bonchev–Trinajstić information content (AvgIpc) is 2.88. The molecule has 92 valence electrons. The molecule has 2 aromatic rings. The number of hydrogen-bond donors (Lipinski definition) is 0. The SMILES string of the molecule is CC=C(C(=O)c1ccco1)c1ccc(=O)n(C)c1. The van der Waals surface area contributed by atoms with Crippen molar-refractivity contribution in [1.29, 1.82) is 0 Å².